The van der Waals surface area contributed by atoms with Crippen LogP contribution in [0.5, 0.6) is 0 Å². The second-order valence-electron chi connectivity index (χ2n) is 4.54. The molecule has 0 bridgehead atoms. The van der Waals surface area contributed by atoms with Crippen LogP contribution in [0, 0.1) is 5.82 Å². The molecule has 0 aromatic heterocycles. The number of hydrogen-bond donors (Lipinski definition) is 1. The zero-order valence-electron chi connectivity index (χ0n) is 10.7. The Hall–Kier alpha value is -2.37. The normalized spacial score (nSPS) is 11.4. The first-order valence-electron chi connectivity index (χ1n) is 6.02. The number of nitrogen functional groups attached to an aromatic ring is 1. The number of Topliss-reactive ketones (excluding diaryl/α,β-unsaturated/α-hetero) is 1. The van der Waals surface area contributed by atoms with E-state index in [1.54, 1.807) is 24.3 Å². The van der Waals surface area contributed by atoms with Crippen molar-refractivity contribution in [2.24, 2.45) is 0 Å². The molecule has 2 aromatic rings. The highest BCUT2D eigenvalue weighted by Crippen LogP contribution is 2.32. The largest absolute Gasteiger partial charge is 0.419 e. The van der Waals surface area contributed by atoms with E-state index in [1.807, 2.05) is 0 Å². The molecular formula is C15H11F4NO. The molecule has 21 heavy (non-hydrogen) atoms. The predicted octanol–water partition coefficient (Wildman–Crippen LogP) is 3.85. The lowest BCUT2D eigenvalue weighted by Crippen LogP contribution is -2.11. The molecule has 0 aliphatic heterocycles. The van der Waals surface area contributed by atoms with Crippen molar-refractivity contribution in [3.8, 4) is 0 Å². The quantitative estimate of drug-likeness (QED) is 0.531. The summed E-state index contributed by atoms with van der Waals surface area (Å²) in [4.78, 5) is 12.0. The minimum atomic E-state index is -4.84. The Morgan fingerprint density at radius 1 is 1.10 bits per heavy atom. The molecule has 6 heteroatoms. The maximum Gasteiger partial charge on any atom is 0.419 e. The van der Waals surface area contributed by atoms with Gasteiger partial charge in [-0.25, -0.2) is 4.39 Å². The predicted molar refractivity (Wildman–Crippen MR) is 70.3 cm³/mol. The molecule has 0 spiro atoms. The van der Waals surface area contributed by atoms with Crippen molar-refractivity contribution in [2.45, 2.75) is 12.6 Å². The van der Waals surface area contributed by atoms with Crippen LogP contribution in [-0.2, 0) is 12.6 Å². The first kappa shape index (κ1) is 15.0. The van der Waals surface area contributed by atoms with Crippen LogP contribution in [0.1, 0.15) is 21.5 Å². The molecule has 2 aromatic carbocycles. The fourth-order valence-electron chi connectivity index (χ4n) is 1.91. The number of halogens is 4. The van der Waals surface area contributed by atoms with E-state index < -0.39 is 23.3 Å². The average molecular weight is 297 g/mol. The van der Waals surface area contributed by atoms with Gasteiger partial charge in [0.1, 0.15) is 5.82 Å². The first-order valence-corrected chi connectivity index (χ1v) is 6.02. The topological polar surface area (TPSA) is 43.1 Å². The first-order chi connectivity index (χ1) is 9.77. The van der Waals surface area contributed by atoms with Gasteiger partial charge in [-0.1, -0.05) is 12.1 Å². The van der Waals surface area contributed by atoms with Crippen LogP contribution in [0.3, 0.4) is 0 Å². The number of carbonyl (C=O) groups excluding carboxylic acids is 1. The van der Waals surface area contributed by atoms with Gasteiger partial charge in [0.2, 0.25) is 0 Å². The SMILES string of the molecule is Nc1cccc(CC(=O)c2ccc(F)c(C(F)(F)F)c2)c1. The summed E-state index contributed by atoms with van der Waals surface area (Å²) in [6.45, 7) is 0. The Morgan fingerprint density at radius 2 is 1.81 bits per heavy atom. The Labute approximate surface area is 118 Å². The Morgan fingerprint density at radius 3 is 2.43 bits per heavy atom. The van der Waals surface area contributed by atoms with Crippen molar-refractivity contribution < 1.29 is 22.4 Å². The van der Waals surface area contributed by atoms with E-state index in [-0.39, 0.29) is 12.0 Å². The number of anilines is 1. The number of hydrogen-bond acceptors (Lipinski definition) is 2. The molecule has 2 nitrogen and oxygen atoms in total. The molecule has 0 aliphatic carbocycles. The molecule has 0 saturated heterocycles. The van der Waals surface area contributed by atoms with Crippen LogP contribution in [0.15, 0.2) is 42.5 Å². The van der Waals surface area contributed by atoms with Crippen molar-refractivity contribution in [2.75, 3.05) is 5.73 Å². The van der Waals surface area contributed by atoms with Crippen LogP contribution in [0.4, 0.5) is 23.2 Å². The van der Waals surface area contributed by atoms with Gasteiger partial charge in [0.15, 0.2) is 5.78 Å². The van der Waals surface area contributed by atoms with E-state index in [0.717, 1.165) is 6.07 Å². The molecule has 0 saturated carbocycles. The van der Waals surface area contributed by atoms with Gasteiger partial charge in [0, 0.05) is 17.7 Å². The summed E-state index contributed by atoms with van der Waals surface area (Å²) in [5.74, 6) is -1.94. The maximum atomic E-state index is 13.2. The molecule has 0 radical (unpaired) electrons. The van der Waals surface area contributed by atoms with Crippen LogP contribution < -0.4 is 5.73 Å². The average Bonchev–Trinajstić information content (AvgIpc) is 2.37. The Kier molecular flexibility index (Phi) is 3.97. The third-order valence-corrected chi connectivity index (χ3v) is 2.91. The van der Waals surface area contributed by atoms with E-state index >= 15 is 0 Å². The van der Waals surface area contributed by atoms with Crippen molar-refractivity contribution in [3.63, 3.8) is 0 Å². The molecule has 0 heterocycles. The van der Waals surface area contributed by atoms with E-state index in [9.17, 15) is 22.4 Å². The summed E-state index contributed by atoms with van der Waals surface area (Å²) < 4.78 is 51.0. The standard InChI is InChI=1S/C15H11F4NO/c16-13-5-4-10(8-12(13)15(17,18)19)14(21)7-9-2-1-3-11(20)6-9/h1-6,8H,7,20H2. The smallest absolute Gasteiger partial charge is 0.399 e. The second kappa shape index (κ2) is 5.55. The number of benzene rings is 2. The van der Waals surface area contributed by atoms with E-state index in [0.29, 0.717) is 23.4 Å². The van der Waals surface area contributed by atoms with Crippen molar-refractivity contribution in [3.05, 3.63) is 65.0 Å². The van der Waals surface area contributed by atoms with E-state index in [4.69, 9.17) is 5.73 Å². The molecule has 0 amide bonds. The van der Waals surface area contributed by atoms with Crippen molar-refractivity contribution in [1.29, 1.82) is 0 Å². The summed E-state index contributed by atoms with van der Waals surface area (Å²) in [6, 6.07) is 8.70. The number of nitrogens with two attached hydrogens (primary N) is 1. The lowest BCUT2D eigenvalue weighted by Gasteiger charge is -2.09. The summed E-state index contributed by atoms with van der Waals surface area (Å²) in [7, 11) is 0. The van der Waals surface area contributed by atoms with Gasteiger partial charge >= 0.3 is 6.18 Å². The Bertz CT molecular complexity index is 680. The summed E-state index contributed by atoms with van der Waals surface area (Å²) in [5.41, 5.74) is 4.97. The Balaban J connectivity index is 2.28. The molecule has 0 unspecified atom stereocenters. The maximum absolute atomic E-state index is 13.2. The highest BCUT2D eigenvalue weighted by molar-refractivity contribution is 5.97. The van der Waals surface area contributed by atoms with Crippen molar-refractivity contribution in [1.82, 2.24) is 0 Å². The fraction of sp³-hybridized carbons (Fsp3) is 0.133. The molecular weight excluding hydrogens is 286 g/mol. The van der Waals surface area contributed by atoms with Crippen LogP contribution in [0.2, 0.25) is 0 Å². The zero-order valence-corrected chi connectivity index (χ0v) is 10.7. The van der Waals surface area contributed by atoms with Gasteiger partial charge in [-0.05, 0) is 35.9 Å². The minimum absolute atomic E-state index is 0.103. The van der Waals surface area contributed by atoms with Gasteiger partial charge in [-0.3, -0.25) is 4.79 Å². The summed E-state index contributed by atoms with van der Waals surface area (Å²) >= 11 is 0. The monoisotopic (exact) mass is 297 g/mol. The highest BCUT2D eigenvalue weighted by atomic mass is 19.4. The van der Waals surface area contributed by atoms with Crippen LogP contribution in [-0.4, -0.2) is 5.78 Å². The van der Waals surface area contributed by atoms with Gasteiger partial charge in [0.25, 0.3) is 0 Å². The molecule has 2 N–H and O–H groups in total. The number of ketones is 1. The van der Waals surface area contributed by atoms with E-state index in [2.05, 4.69) is 0 Å². The van der Waals surface area contributed by atoms with Crippen molar-refractivity contribution >= 4 is 11.5 Å². The third-order valence-electron chi connectivity index (χ3n) is 2.91. The van der Waals surface area contributed by atoms with E-state index in [1.165, 1.54) is 0 Å². The molecule has 110 valence electrons. The zero-order chi connectivity index (χ0) is 15.6. The number of rotatable bonds is 3. The highest BCUT2D eigenvalue weighted by Gasteiger charge is 2.34. The molecule has 0 aliphatic rings. The lowest BCUT2D eigenvalue weighted by molar-refractivity contribution is -0.140. The van der Waals surface area contributed by atoms with Gasteiger partial charge in [-0.15, -0.1) is 0 Å². The number of carbonyl (C=O) groups is 1. The van der Waals surface area contributed by atoms with Crippen LogP contribution in [0.25, 0.3) is 0 Å². The second-order valence-corrected chi connectivity index (χ2v) is 4.54. The van der Waals surface area contributed by atoms with Gasteiger partial charge in [-0.2, -0.15) is 13.2 Å². The molecule has 0 atom stereocenters. The minimum Gasteiger partial charge on any atom is -0.399 e. The van der Waals surface area contributed by atoms with Gasteiger partial charge in [0.05, 0.1) is 5.56 Å². The molecule has 0 fully saturated rings. The van der Waals surface area contributed by atoms with Crippen LogP contribution >= 0.6 is 0 Å². The third kappa shape index (κ3) is 3.59. The summed E-state index contributed by atoms with van der Waals surface area (Å²) in [5, 5.41) is 0. The van der Waals surface area contributed by atoms with Gasteiger partial charge < -0.3 is 5.73 Å². The molecule has 2 rings (SSSR count). The number of alkyl halides is 3. The summed E-state index contributed by atoms with van der Waals surface area (Å²) in [6.07, 6.45) is -4.94. The fourth-order valence-corrected chi connectivity index (χ4v) is 1.91. The lowest BCUT2D eigenvalue weighted by atomic mass is 10.0.